The number of nitrogens with zero attached hydrogens (tertiary/aromatic N) is 2. The Hall–Kier alpha value is -2.24. The summed E-state index contributed by atoms with van der Waals surface area (Å²) in [6, 6.07) is 8.02. The fourth-order valence-electron chi connectivity index (χ4n) is 2.38. The van der Waals surface area contributed by atoms with Gasteiger partial charge in [-0.2, -0.15) is 4.31 Å². The monoisotopic (exact) mass is 447 g/mol. The Morgan fingerprint density at radius 3 is 2.43 bits per heavy atom. The standard InChI is InChI=1S/C16H15Cl2N3O6S/c1-10(16(22)19-23)20(9-11-4-2-3-5-13(11)17)28(26,27)12-6-7-15(21(24)25)14(18)8-12/h2-8,10,23H,9H2,1H3,(H,19,22). The first-order valence-electron chi connectivity index (χ1n) is 7.72. The van der Waals surface area contributed by atoms with Gasteiger partial charge in [0.1, 0.15) is 11.1 Å². The minimum Gasteiger partial charge on any atom is -0.289 e. The Morgan fingerprint density at radius 1 is 1.25 bits per heavy atom. The zero-order chi connectivity index (χ0) is 21.1. The molecule has 2 rings (SSSR count). The summed E-state index contributed by atoms with van der Waals surface area (Å²) in [6.07, 6.45) is 0. The smallest absolute Gasteiger partial charge is 0.287 e. The predicted octanol–water partition coefficient (Wildman–Crippen LogP) is 2.99. The van der Waals surface area contributed by atoms with Gasteiger partial charge in [-0.15, -0.1) is 0 Å². The van der Waals surface area contributed by atoms with E-state index < -0.39 is 32.6 Å². The normalized spacial score (nSPS) is 12.6. The molecule has 9 nitrogen and oxygen atoms in total. The van der Waals surface area contributed by atoms with Crippen LogP contribution in [0.1, 0.15) is 12.5 Å². The van der Waals surface area contributed by atoms with Crippen LogP contribution < -0.4 is 5.48 Å². The lowest BCUT2D eigenvalue weighted by Crippen LogP contribution is -2.46. The molecular formula is C16H15Cl2N3O6S. The van der Waals surface area contributed by atoms with Crippen LogP contribution in [0.2, 0.25) is 10.0 Å². The van der Waals surface area contributed by atoms with Crippen LogP contribution in [0.3, 0.4) is 0 Å². The van der Waals surface area contributed by atoms with E-state index in [1.165, 1.54) is 12.4 Å². The second-order valence-electron chi connectivity index (χ2n) is 5.66. The van der Waals surface area contributed by atoms with E-state index in [0.717, 1.165) is 22.5 Å². The van der Waals surface area contributed by atoms with Crippen LogP contribution in [-0.2, 0) is 21.4 Å². The second kappa shape index (κ2) is 8.84. The molecule has 1 atom stereocenters. The predicted molar refractivity (Wildman–Crippen MR) is 102 cm³/mol. The van der Waals surface area contributed by atoms with E-state index in [1.807, 2.05) is 0 Å². The number of sulfonamides is 1. The number of nitro benzene ring substituents is 1. The number of rotatable bonds is 7. The average Bonchev–Trinajstić information content (AvgIpc) is 2.65. The number of amides is 1. The molecule has 0 saturated carbocycles. The summed E-state index contributed by atoms with van der Waals surface area (Å²) in [6.45, 7) is 0.984. The molecule has 150 valence electrons. The van der Waals surface area contributed by atoms with E-state index in [4.69, 9.17) is 28.4 Å². The van der Waals surface area contributed by atoms with Gasteiger partial charge in [-0.1, -0.05) is 41.4 Å². The number of hydrogen-bond donors (Lipinski definition) is 2. The molecular weight excluding hydrogens is 433 g/mol. The van der Waals surface area contributed by atoms with Crippen LogP contribution in [-0.4, -0.2) is 34.8 Å². The van der Waals surface area contributed by atoms with E-state index in [0.29, 0.717) is 5.56 Å². The summed E-state index contributed by atoms with van der Waals surface area (Å²) in [7, 11) is -4.34. The van der Waals surface area contributed by atoms with E-state index in [2.05, 4.69) is 0 Å². The van der Waals surface area contributed by atoms with Gasteiger partial charge in [0.05, 0.1) is 9.82 Å². The van der Waals surface area contributed by atoms with Crippen molar-refractivity contribution in [2.75, 3.05) is 0 Å². The van der Waals surface area contributed by atoms with Gasteiger partial charge in [0.25, 0.3) is 11.6 Å². The molecule has 28 heavy (non-hydrogen) atoms. The lowest BCUT2D eigenvalue weighted by molar-refractivity contribution is -0.384. The lowest BCUT2D eigenvalue weighted by atomic mass is 10.2. The molecule has 12 heteroatoms. The summed E-state index contributed by atoms with van der Waals surface area (Å²) in [5.74, 6) is -0.969. The Morgan fingerprint density at radius 2 is 1.89 bits per heavy atom. The van der Waals surface area contributed by atoms with Gasteiger partial charge in [-0.05, 0) is 30.7 Å². The summed E-state index contributed by atoms with van der Waals surface area (Å²) >= 11 is 11.9. The number of carbonyl (C=O) groups is 1. The molecule has 0 bridgehead atoms. The molecule has 1 amide bonds. The van der Waals surface area contributed by atoms with Crippen molar-refractivity contribution in [3.63, 3.8) is 0 Å². The van der Waals surface area contributed by atoms with Gasteiger partial charge in [-0.25, -0.2) is 13.9 Å². The summed E-state index contributed by atoms with van der Waals surface area (Å²) < 4.78 is 27.1. The molecule has 0 spiro atoms. The Balaban J connectivity index is 2.55. The highest BCUT2D eigenvalue weighted by Gasteiger charge is 2.34. The summed E-state index contributed by atoms with van der Waals surface area (Å²) in [5.41, 5.74) is 1.37. The number of nitro groups is 1. The third-order valence-electron chi connectivity index (χ3n) is 3.93. The topological polar surface area (TPSA) is 130 Å². The Bertz CT molecular complexity index is 1020. The zero-order valence-electron chi connectivity index (χ0n) is 14.4. The molecule has 0 aliphatic heterocycles. The second-order valence-corrected chi connectivity index (χ2v) is 8.37. The van der Waals surface area contributed by atoms with Gasteiger partial charge in [0.2, 0.25) is 10.0 Å². The van der Waals surface area contributed by atoms with E-state index in [-0.39, 0.29) is 21.5 Å². The van der Waals surface area contributed by atoms with Crippen LogP contribution in [0, 0.1) is 10.1 Å². The van der Waals surface area contributed by atoms with Crippen LogP contribution in [0.5, 0.6) is 0 Å². The van der Waals surface area contributed by atoms with Gasteiger partial charge < -0.3 is 0 Å². The van der Waals surface area contributed by atoms with Crippen molar-refractivity contribution in [2.45, 2.75) is 24.4 Å². The van der Waals surface area contributed by atoms with Crippen LogP contribution >= 0.6 is 23.2 Å². The number of benzene rings is 2. The summed E-state index contributed by atoms with van der Waals surface area (Å²) in [5, 5.41) is 19.7. The van der Waals surface area contributed by atoms with Gasteiger partial charge in [0.15, 0.2) is 0 Å². The molecule has 2 aromatic rings. The van der Waals surface area contributed by atoms with E-state index >= 15 is 0 Å². The van der Waals surface area contributed by atoms with Crippen molar-refractivity contribution in [3.8, 4) is 0 Å². The van der Waals surface area contributed by atoms with Gasteiger partial charge in [0, 0.05) is 17.6 Å². The molecule has 0 aliphatic carbocycles. The maximum absolute atomic E-state index is 13.1. The molecule has 0 fully saturated rings. The van der Waals surface area contributed by atoms with Crippen molar-refractivity contribution < 1.29 is 23.3 Å². The van der Waals surface area contributed by atoms with E-state index in [1.54, 1.807) is 24.3 Å². The molecule has 1 unspecified atom stereocenters. The van der Waals surface area contributed by atoms with E-state index in [9.17, 15) is 23.3 Å². The average molecular weight is 448 g/mol. The number of hydroxylamine groups is 1. The van der Waals surface area contributed by atoms with Crippen molar-refractivity contribution in [3.05, 3.63) is 68.2 Å². The molecule has 0 heterocycles. The first-order valence-corrected chi connectivity index (χ1v) is 9.92. The Kier molecular flexibility index (Phi) is 6.96. The first-order chi connectivity index (χ1) is 13.1. The van der Waals surface area contributed by atoms with Gasteiger partial charge in [-0.3, -0.25) is 20.1 Å². The minimum atomic E-state index is -4.34. The largest absolute Gasteiger partial charge is 0.289 e. The number of hydrogen-bond acceptors (Lipinski definition) is 6. The SMILES string of the molecule is CC(C(=O)NO)N(Cc1ccccc1Cl)S(=O)(=O)c1ccc([N+](=O)[O-])c(Cl)c1. The third kappa shape index (κ3) is 4.59. The van der Waals surface area contributed by atoms with Crippen molar-refractivity contribution in [1.82, 2.24) is 9.79 Å². The first kappa shape index (κ1) is 22.1. The highest BCUT2D eigenvalue weighted by atomic mass is 35.5. The molecule has 0 radical (unpaired) electrons. The third-order valence-corrected chi connectivity index (χ3v) is 6.51. The number of halogens is 2. The molecule has 2 N–H and O–H groups in total. The molecule has 0 aromatic heterocycles. The lowest BCUT2D eigenvalue weighted by Gasteiger charge is -2.27. The number of nitrogens with one attached hydrogen (secondary N) is 1. The van der Waals surface area contributed by atoms with Crippen LogP contribution in [0.15, 0.2) is 47.4 Å². The minimum absolute atomic E-state index is 0.279. The van der Waals surface area contributed by atoms with Gasteiger partial charge >= 0.3 is 0 Å². The summed E-state index contributed by atoms with van der Waals surface area (Å²) in [4.78, 5) is 21.7. The maximum Gasteiger partial charge on any atom is 0.287 e. The quantitative estimate of drug-likeness (QED) is 0.381. The highest BCUT2D eigenvalue weighted by molar-refractivity contribution is 7.89. The Labute approximate surface area is 170 Å². The fourth-order valence-corrected chi connectivity index (χ4v) is 4.49. The highest BCUT2D eigenvalue weighted by Crippen LogP contribution is 2.30. The number of carbonyl (C=O) groups excluding carboxylic acids is 1. The van der Waals surface area contributed by atoms with Crippen molar-refractivity contribution in [2.24, 2.45) is 0 Å². The molecule has 0 aliphatic rings. The molecule has 0 saturated heterocycles. The fraction of sp³-hybridized carbons (Fsp3) is 0.188. The van der Waals surface area contributed by atoms with Crippen LogP contribution in [0.25, 0.3) is 0 Å². The van der Waals surface area contributed by atoms with Crippen molar-refractivity contribution in [1.29, 1.82) is 0 Å². The zero-order valence-corrected chi connectivity index (χ0v) is 16.7. The maximum atomic E-state index is 13.1. The molecule has 2 aromatic carbocycles. The van der Waals surface area contributed by atoms with Crippen LogP contribution in [0.4, 0.5) is 5.69 Å². The van der Waals surface area contributed by atoms with Crippen molar-refractivity contribution >= 4 is 44.8 Å².